The lowest BCUT2D eigenvalue weighted by Crippen LogP contribution is -2.25. The quantitative estimate of drug-likeness (QED) is 0.373. The van der Waals surface area contributed by atoms with Crippen LogP contribution in [0.2, 0.25) is 19.6 Å². The third kappa shape index (κ3) is 7.68. The van der Waals surface area contributed by atoms with E-state index in [9.17, 15) is 4.79 Å². The van der Waals surface area contributed by atoms with Crippen molar-refractivity contribution in [3.05, 3.63) is 11.3 Å². The van der Waals surface area contributed by atoms with Crippen molar-refractivity contribution in [2.45, 2.75) is 58.7 Å². The van der Waals surface area contributed by atoms with Crippen molar-refractivity contribution in [2.75, 3.05) is 6.54 Å². The second-order valence-corrected chi connectivity index (χ2v) is 10.4. The van der Waals surface area contributed by atoms with Gasteiger partial charge in [0.2, 0.25) is 6.41 Å². The van der Waals surface area contributed by atoms with Crippen LogP contribution in [0.4, 0.5) is 0 Å². The zero-order valence-corrected chi connectivity index (χ0v) is 12.3. The lowest BCUT2D eigenvalue weighted by atomic mass is 10.2. The molecule has 0 unspecified atom stereocenters. The number of rotatable bonds is 9. The van der Waals surface area contributed by atoms with Crippen LogP contribution >= 0.6 is 0 Å². The van der Waals surface area contributed by atoms with Crippen LogP contribution in [0.15, 0.2) is 11.3 Å². The lowest BCUT2D eigenvalue weighted by molar-refractivity contribution is -0.109. The predicted molar refractivity (Wildman–Crippen MR) is 74.3 cm³/mol. The van der Waals surface area contributed by atoms with E-state index in [4.69, 9.17) is 0 Å². The molecule has 2 nitrogen and oxygen atoms in total. The summed E-state index contributed by atoms with van der Waals surface area (Å²) in [5.74, 6) is 0. The standard InChI is InChI=1S/C13H27NOSi/c1-5-6-7-9-13(16(2,3)4)10-8-11-14-12-15/h9,12H,5-8,10-11H2,1-4H3,(H,14,15)/b13-9-. The summed E-state index contributed by atoms with van der Waals surface area (Å²) in [6.45, 7) is 10.2. The summed E-state index contributed by atoms with van der Waals surface area (Å²) in [4.78, 5) is 10.1. The van der Waals surface area contributed by atoms with Crippen LogP contribution in [0, 0.1) is 0 Å². The molecule has 0 heterocycles. The van der Waals surface area contributed by atoms with E-state index in [0.717, 1.165) is 25.8 Å². The first-order valence-electron chi connectivity index (χ1n) is 6.39. The topological polar surface area (TPSA) is 29.1 Å². The minimum atomic E-state index is -1.15. The van der Waals surface area contributed by atoms with E-state index in [0.29, 0.717) is 0 Å². The summed E-state index contributed by atoms with van der Waals surface area (Å²) in [5, 5.41) is 4.39. The molecule has 0 aliphatic heterocycles. The Kier molecular flexibility index (Phi) is 8.26. The average Bonchev–Trinajstić information content (AvgIpc) is 2.20. The van der Waals surface area contributed by atoms with E-state index in [1.165, 1.54) is 19.3 Å². The third-order valence-electron chi connectivity index (χ3n) is 2.76. The molecular weight excluding hydrogens is 214 g/mol. The Morgan fingerprint density at radius 1 is 1.25 bits per heavy atom. The van der Waals surface area contributed by atoms with Crippen LogP contribution in [0.1, 0.15) is 39.0 Å². The largest absolute Gasteiger partial charge is 0.359 e. The van der Waals surface area contributed by atoms with Crippen molar-refractivity contribution in [3.63, 3.8) is 0 Å². The fourth-order valence-electron chi connectivity index (χ4n) is 1.70. The highest BCUT2D eigenvalue weighted by atomic mass is 28.3. The van der Waals surface area contributed by atoms with Gasteiger partial charge in [-0.1, -0.05) is 50.7 Å². The van der Waals surface area contributed by atoms with Gasteiger partial charge in [-0.3, -0.25) is 4.79 Å². The van der Waals surface area contributed by atoms with Crippen molar-refractivity contribution >= 4 is 14.5 Å². The fraction of sp³-hybridized carbons (Fsp3) is 0.769. The molecule has 1 N–H and O–H groups in total. The maximum Gasteiger partial charge on any atom is 0.207 e. The van der Waals surface area contributed by atoms with Crippen LogP contribution in [0.3, 0.4) is 0 Å². The maximum absolute atomic E-state index is 10.1. The molecular formula is C13H27NOSi. The first-order chi connectivity index (χ1) is 7.52. The van der Waals surface area contributed by atoms with Gasteiger partial charge in [-0.15, -0.1) is 0 Å². The van der Waals surface area contributed by atoms with Crippen LogP contribution in [-0.4, -0.2) is 21.0 Å². The number of unbranched alkanes of at least 4 members (excludes halogenated alkanes) is 2. The highest BCUT2D eigenvalue weighted by Gasteiger charge is 2.18. The van der Waals surface area contributed by atoms with Gasteiger partial charge in [0, 0.05) is 6.54 Å². The molecule has 0 saturated carbocycles. The molecule has 0 spiro atoms. The highest BCUT2D eigenvalue weighted by molar-refractivity contribution is 6.83. The molecule has 0 fully saturated rings. The third-order valence-corrected chi connectivity index (χ3v) is 5.14. The Morgan fingerprint density at radius 3 is 2.44 bits per heavy atom. The number of carbonyl (C=O) groups excluding carboxylic acids is 1. The Balaban J connectivity index is 4.11. The van der Waals surface area contributed by atoms with E-state index in [1.807, 2.05) is 0 Å². The van der Waals surface area contributed by atoms with Gasteiger partial charge in [-0.05, 0) is 19.3 Å². The maximum atomic E-state index is 10.1. The molecule has 0 radical (unpaired) electrons. The summed E-state index contributed by atoms with van der Waals surface area (Å²) in [6.07, 6.45) is 9.24. The van der Waals surface area contributed by atoms with Crippen molar-refractivity contribution in [1.29, 1.82) is 0 Å². The monoisotopic (exact) mass is 241 g/mol. The molecule has 3 heteroatoms. The van der Waals surface area contributed by atoms with Gasteiger partial charge in [-0.25, -0.2) is 0 Å². The normalized spacial score (nSPS) is 12.6. The summed E-state index contributed by atoms with van der Waals surface area (Å²) in [6, 6.07) is 0. The van der Waals surface area contributed by atoms with Gasteiger partial charge in [0.05, 0.1) is 8.07 Å². The van der Waals surface area contributed by atoms with Gasteiger partial charge in [0.25, 0.3) is 0 Å². The number of hydrogen-bond donors (Lipinski definition) is 1. The lowest BCUT2D eigenvalue weighted by Gasteiger charge is -2.21. The van der Waals surface area contributed by atoms with Gasteiger partial charge < -0.3 is 5.32 Å². The van der Waals surface area contributed by atoms with Crippen LogP contribution in [-0.2, 0) is 4.79 Å². The smallest absolute Gasteiger partial charge is 0.207 e. The molecule has 0 aliphatic carbocycles. The minimum Gasteiger partial charge on any atom is -0.359 e. The number of carbonyl (C=O) groups is 1. The zero-order valence-electron chi connectivity index (χ0n) is 11.3. The molecule has 94 valence electrons. The van der Waals surface area contributed by atoms with Crippen LogP contribution in [0.25, 0.3) is 0 Å². The average molecular weight is 241 g/mol. The van der Waals surface area contributed by atoms with Crippen LogP contribution in [0.5, 0.6) is 0 Å². The number of allylic oxidation sites excluding steroid dienone is 2. The minimum absolute atomic E-state index is 0.787. The summed E-state index contributed by atoms with van der Waals surface area (Å²) < 4.78 is 0. The van der Waals surface area contributed by atoms with Gasteiger partial charge in [0.15, 0.2) is 0 Å². The number of amides is 1. The Labute approximate surface area is 102 Å². The molecule has 1 amide bonds. The number of nitrogens with one attached hydrogen (secondary N) is 1. The first-order valence-corrected chi connectivity index (χ1v) is 9.89. The van der Waals surface area contributed by atoms with Gasteiger partial charge in [-0.2, -0.15) is 0 Å². The van der Waals surface area contributed by atoms with Crippen molar-refractivity contribution in [3.8, 4) is 0 Å². The molecule has 0 aromatic heterocycles. The number of hydrogen-bond acceptors (Lipinski definition) is 1. The molecule has 0 bridgehead atoms. The molecule has 0 aromatic carbocycles. The van der Waals surface area contributed by atoms with Gasteiger partial charge in [0.1, 0.15) is 0 Å². The highest BCUT2D eigenvalue weighted by Crippen LogP contribution is 2.20. The first kappa shape index (κ1) is 15.4. The van der Waals surface area contributed by atoms with Crippen molar-refractivity contribution < 1.29 is 4.79 Å². The molecule has 0 rings (SSSR count). The molecule has 0 aliphatic rings. The van der Waals surface area contributed by atoms with E-state index in [2.05, 4.69) is 38.0 Å². The van der Waals surface area contributed by atoms with E-state index >= 15 is 0 Å². The van der Waals surface area contributed by atoms with Gasteiger partial charge >= 0.3 is 0 Å². The summed E-state index contributed by atoms with van der Waals surface area (Å²) >= 11 is 0. The van der Waals surface area contributed by atoms with E-state index in [1.54, 1.807) is 5.20 Å². The van der Waals surface area contributed by atoms with Crippen molar-refractivity contribution in [2.24, 2.45) is 0 Å². The molecule has 0 saturated heterocycles. The summed E-state index contributed by atoms with van der Waals surface area (Å²) in [7, 11) is -1.15. The van der Waals surface area contributed by atoms with Crippen LogP contribution < -0.4 is 5.32 Å². The molecule has 16 heavy (non-hydrogen) atoms. The van der Waals surface area contributed by atoms with E-state index < -0.39 is 8.07 Å². The molecule has 0 aromatic rings. The Morgan fingerprint density at radius 2 is 1.94 bits per heavy atom. The summed E-state index contributed by atoms with van der Waals surface area (Å²) in [5.41, 5.74) is 0. The Hall–Kier alpha value is -0.573. The fourth-order valence-corrected chi connectivity index (χ4v) is 3.39. The Bertz CT molecular complexity index is 218. The molecule has 0 atom stereocenters. The second-order valence-electron chi connectivity index (χ2n) is 5.30. The second kappa shape index (κ2) is 8.56. The SMILES string of the molecule is CCCC/C=C(/CCCNC=O)[Si](C)(C)C. The van der Waals surface area contributed by atoms with E-state index in [-0.39, 0.29) is 0 Å². The zero-order chi connectivity index (χ0) is 12.4. The predicted octanol–water partition coefficient (Wildman–Crippen LogP) is 3.51. The van der Waals surface area contributed by atoms with Crippen molar-refractivity contribution in [1.82, 2.24) is 5.32 Å².